The summed E-state index contributed by atoms with van der Waals surface area (Å²) in [5, 5.41) is 7.98. The Labute approximate surface area is 157 Å². The molecule has 9 heteroatoms. The molecule has 3 N–H and O–H groups in total. The number of carbonyl (C=O) groups is 1. The van der Waals surface area contributed by atoms with E-state index in [9.17, 15) is 13.6 Å². The molecule has 0 aliphatic heterocycles. The Morgan fingerprint density at radius 2 is 1.77 bits per heavy atom. The van der Waals surface area contributed by atoms with E-state index in [2.05, 4.69) is 20.9 Å². The van der Waals surface area contributed by atoms with E-state index in [0.717, 1.165) is 4.88 Å². The van der Waals surface area contributed by atoms with Crippen LogP contribution in [0.1, 0.15) is 4.88 Å². The number of carbonyl (C=O) groups excluding carboxylic acids is 1. The van der Waals surface area contributed by atoms with Gasteiger partial charge in [-0.3, -0.25) is 0 Å². The first-order chi connectivity index (χ1) is 12.5. The number of hydrogen-bond donors (Lipinski definition) is 3. The zero-order chi connectivity index (χ0) is 18.5. The summed E-state index contributed by atoms with van der Waals surface area (Å²) in [6.07, 6.45) is 1.62. The molecule has 2 amide bonds. The Balaban J connectivity index is 1.58. The summed E-state index contributed by atoms with van der Waals surface area (Å²) in [5.41, 5.74) is 0.999. The SMILES string of the molecule is O=C(Nc1ccc(F)cc1)Nc1ccc(NCc2cnc(Cl)s2)c(F)c1. The number of halogens is 3. The average molecular weight is 395 g/mol. The lowest BCUT2D eigenvalue weighted by atomic mass is 10.2. The lowest BCUT2D eigenvalue weighted by Gasteiger charge is -2.10. The highest BCUT2D eigenvalue weighted by atomic mass is 35.5. The van der Waals surface area contributed by atoms with E-state index in [1.54, 1.807) is 12.3 Å². The van der Waals surface area contributed by atoms with Crippen molar-refractivity contribution < 1.29 is 13.6 Å². The first kappa shape index (κ1) is 18.1. The highest BCUT2D eigenvalue weighted by Crippen LogP contribution is 2.22. The lowest BCUT2D eigenvalue weighted by molar-refractivity contribution is 0.262. The number of hydrogen-bond acceptors (Lipinski definition) is 4. The molecule has 0 saturated heterocycles. The van der Waals surface area contributed by atoms with Crippen LogP contribution < -0.4 is 16.0 Å². The van der Waals surface area contributed by atoms with E-state index < -0.39 is 17.7 Å². The van der Waals surface area contributed by atoms with Gasteiger partial charge in [-0.25, -0.2) is 18.6 Å². The molecule has 1 aromatic heterocycles. The molecule has 134 valence electrons. The van der Waals surface area contributed by atoms with Crippen LogP contribution in [0.2, 0.25) is 4.47 Å². The summed E-state index contributed by atoms with van der Waals surface area (Å²) in [6.45, 7) is 0.388. The molecule has 0 aliphatic rings. The van der Waals surface area contributed by atoms with Crippen LogP contribution in [0.3, 0.4) is 0 Å². The van der Waals surface area contributed by atoms with Gasteiger partial charge in [0.1, 0.15) is 11.6 Å². The Hall–Kier alpha value is -2.71. The van der Waals surface area contributed by atoms with Gasteiger partial charge in [-0.2, -0.15) is 0 Å². The van der Waals surface area contributed by atoms with Gasteiger partial charge in [0.05, 0.1) is 12.2 Å². The second kappa shape index (κ2) is 8.11. The number of thiazole rings is 1. The second-order valence-corrected chi connectivity index (χ2v) is 6.91. The van der Waals surface area contributed by atoms with Gasteiger partial charge in [0.2, 0.25) is 0 Å². The van der Waals surface area contributed by atoms with Gasteiger partial charge in [-0.1, -0.05) is 11.6 Å². The molecule has 3 rings (SSSR count). The normalized spacial score (nSPS) is 10.4. The molecular formula is C17H13ClF2N4OS. The average Bonchev–Trinajstić information content (AvgIpc) is 3.01. The monoisotopic (exact) mass is 394 g/mol. The van der Waals surface area contributed by atoms with Gasteiger partial charge in [-0.15, -0.1) is 11.3 Å². The standard InChI is InChI=1S/C17H13ClF2N4OS/c18-16-22-9-13(26-16)8-21-15-6-5-12(7-14(15)20)24-17(25)23-11-3-1-10(19)2-4-11/h1-7,9,21H,8H2,(H2,23,24,25). The van der Waals surface area contributed by atoms with Crippen molar-refractivity contribution in [1.82, 2.24) is 4.98 Å². The minimum absolute atomic E-state index is 0.286. The maximum Gasteiger partial charge on any atom is 0.323 e. The van der Waals surface area contributed by atoms with Crippen LogP contribution in [0.25, 0.3) is 0 Å². The van der Waals surface area contributed by atoms with Gasteiger partial charge in [0.15, 0.2) is 4.47 Å². The van der Waals surface area contributed by atoms with E-state index in [1.165, 1.54) is 47.7 Å². The number of amides is 2. The molecule has 1 heterocycles. The Kier molecular flexibility index (Phi) is 5.65. The number of aromatic nitrogens is 1. The van der Waals surface area contributed by atoms with Gasteiger partial charge >= 0.3 is 6.03 Å². The fraction of sp³-hybridized carbons (Fsp3) is 0.0588. The topological polar surface area (TPSA) is 66.1 Å². The van der Waals surface area contributed by atoms with Crippen molar-refractivity contribution in [2.24, 2.45) is 0 Å². The smallest absolute Gasteiger partial charge is 0.323 e. The Bertz CT molecular complexity index is 917. The summed E-state index contributed by atoms with van der Waals surface area (Å²) in [4.78, 5) is 16.7. The molecule has 0 bridgehead atoms. The molecule has 0 saturated carbocycles. The summed E-state index contributed by atoms with van der Waals surface area (Å²) in [5.74, 6) is -0.915. The third-order valence-electron chi connectivity index (χ3n) is 3.31. The first-order valence-electron chi connectivity index (χ1n) is 7.47. The van der Waals surface area contributed by atoms with Gasteiger partial charge in [-0.05, 0) is 42.5 Å². The number of urea groups is 1. The molecule has 0 atom stereocenters. The van der Waals surface area contributed by atoms with Crippen LogP contribution in [0.5, 0.6) is 0 Å². The highest BCUT2D eigenvalue weighted by Gasteiger charge is 2.08. The summed E-state index contributed by atoms with van der Waals surface area (Å²) in [6, 6.07) is 9.03. The van der Waals surface area contributed by atoms with Crippen LogP contribution in [0.4, 0.5) is 30.6 Å². The number of benzene rings is 2. The van der Waals surface area contributed by atoms with Crippen LogP contribution in [0.15, 0.2) is 48.7 Å². The number of nitrogens with one attached hydrogen (secondary N) is 3. The van der Waals surface area contributed by atoms with Crippen molar-refractivity contribution in [2.75, 3.05) is 16.0 Å². The maximum absolute atomic E-state index is 14.2. The molecule has 0 spiro atoms. The number of nitrogens with zero attached hydrogens (tertiary/aromatic N) is 1. The fourth-order valence-electron chi connectivity index (χ4n) is 2.11. The van der Waals surface area contributed by atoms with Crippen molar-refractivity contribution >= 4 is 46.0 Å². The largest absolute Gasteiger partial charge is 0.378 e. The molecular weight excluding hydrogens is 382 g/mol. The van der Waals surface area contributed by atoms with Crippen molar-refractivity contribution in [3.05, 3.63) is 69.6 Å². The maximum atomic E-state index is 14.2. The fourth-order valence-corrected chi connectivity index (χ4v) is 3.03. The third kappa shape index (κ3) is 4.90. The second-order valence-electron chi connectivity index (χ2n) is 5.21. The molecule has 0 fully saturated rings. The third-order valence-corrected chi connectivity index (χ3v) is 4.42. The highest BCUT2D eigenvalue weighted by molar-refractivity contribution is 7.15. The molecule has 5 nitrogen and oxygen atoms in total. The predicted molar refractivity (Wildman–Crippen MR) is 99.9 cm³/mol. The number of rotatable bonds is 5. The Morgan fingerprint density at radius 3 is 2.42 bits per heavy atom. The van der Waals surface area contributed by atoms with Crippen molar-refractivity contribution in [1.29, 1.82) is 0 Å². The van der Waals surface area contributed by atoms with Gasteiger partial charge in [0.25, 0.3) is 0 Å². The quantitative estimate of drug-likeness (QED) is 0.548. The summed E-state index contributed by atoms with van der Waals surface area (Å²) >= 11 is 7.06. The molecule has 0 radical (unpaired) electrons. The van der Waals surface area contributed by atoms with E-state index in [4.69, 9.17) is 11.6 Å². The predicted octanol–water partition coefficient (Wildman–Crippen LogP) is 5.33. The van der Waals surface area contributed by atoms with Crippen LogP contribution >= 0.6 is 22.9 Å². The zero-order valence-corrected chi connectivity index (χ0v) is 14.8. The van der Waals surface area contributed by atoms with Gasteiger partial charge < -0.3 is 16.0 Å². The molecule has 2 aromatic carbocycles. The number of anilines is 3. The molecule has 26 heavy (non-hydrogen) atoms. The van der Waals surface area contributed by atoms with E-state index >= 15 is 0 Å². The van der Waals surface area contributed by atoms with Crippen LogP contribution in [-0.2, 0) is 6.54 Å². The van der Waals surface area contributed by atoms with Crippen molar-refractivity contribution in [3.63, 3.8) is 0 Å². The first-order valence-corrected chi connectivity index (χ1v) is 8.66. The van der Waals surface area contributed by atoms with E-state index in [0.29, 0.717) is 22.4 Å². The minimum atomic E-state index is -0.559. The van der Waals surface area contributed by atoms with Crippen molar-refractivity contribution in [3.8, 4) is 0 Å². The summed E-state index contributed by atoms with van der Waals surface area (Å²) in [7, 11) is 0. The van der Waals surface area contributed by atoms with Crippen LogP contribution in [-0.4, -0.2) is 11.0 Å². The zero-order valence-electron chi connectivity index (χ0n) is 13.2. The van der Waals surface area contributed by atoms with Crippen molar-refractivity contribution in [2.45, 2.75) is 6.54 Å². The van der Waals surface area contributed by atoms with Gasteiger partial charge in [0, 0.05) is 22.4 Å². The van der Waals surface area contributed by atoms with E-state index in [-0.39, 0.29) is 5.69 Å². The summed E-state index contributed by atoms with van der Waals surface area (Å²) < 4.78 is 27.4. The molecule has 0 aliphatic carbocycles. The molecule has 3 aromatic rings. The van der Waals surface area contributed by atoms with Crippen LogP contribution in [0, 0.1) is 11.6 Å². The molecule has 0 unspecified atom stereocenters. The minimum Gasteiger partial charge on any atom is -0.378 e. The Morgan fingerprint density at radius 1 is 1.08 bits per heavy atom. The van der Waals surface area contributed by atoms with E-state index in [1.807, 2.05) is 0 Å². The lowest BCUT2D eigenvalue weighted by Crippen LogP contribution is -2.19.